The third-order valence-electron chi connectivity index (χ3n) is 5.42. The van der Waals surface area contributed by atoms with Crippen molar-refractivity contribution < 1.29 is 21.8 Å². The predicted octanol–water partition coefficient (Wildman–Crippen LogP) is 4.29. The average Bonchev–Trinajstić information content (AvgIpc) is 3.19. The fourth-order valence-electron chi connectivity index (χ4n) is 3.63. The Kier molecular flexibility index (Phi) is 5.29. The van der Waals surface area contributed by atoms with Crippen LogP contribution in [0.2, 0.25) is 0 Å². The van der Waals surface area contributed by atoms with E-state index in [0.29, 0.717) is 19.0 Å². The second-order valence-electron chi connectivity index (χ2n) is 7.79. The molecule has 6 nitrogen and oxygen atoms in total. The Morgan fingerprint density at radius 2 is 1.69 bits per heavy atom. The molecule has 152 valence electrons. The SMILES string of the molecule is Cc1ccc(S(=O)(=O)O[N+]2(C)CCC(c3ncc(-c4ccccc4)o3)CC2)cc1. The van der Waals surface area contributed by atoms with Gasteiger partial charge in [-0.2, -0.15) is 13.1 Å². The molecular weight excluding hydrogens is 388 g/mol. The number of piperidine rings is 1. The van der Waals surface area contributed by atoms with E-state index in [0.717, 1.165) is 29.7 Å². The molecule has 1 aromatic heterocycles. The number of nitrogens with zero attached hydrogens (tertiary/aromatic N) is 2. The van der Waals surface area contributed by atoms with E-state index in [1.54, 1.807) is 30.5 Å². The molecule has 0 unspecified atom stereocenters. The predicted molar refractivity (Wildman–Crippen MR) is 109 cm³/mol. The Balaban J connectivity index is 1.42. The lowest BCUT2D eigenvalue weighted by atomic mass is 9.97. The number of oxazole rings is 1. The molecule has 4 rings (SSSR count). The third kappa shape index (κ3) is 4.42. The molecule has 0 aliphatic carbocycles. The summed E-state index contributed by atoms with van der Waals surface area (Å²) in [5, 5.41) is 0. The van der Waals surface area contributed by atoms with Crippen LogP contribution in [0.4, 0.5) is 0 Å². The van der Waals surface area contributed by atoms with E-state index in [-0.39, 0.29) is 15.5 Å². The highest BCUT2D eigenvalue weighted by Crippen LogP contribution is 2.33. The van der Waals surface area contributed by atoms with Crippen LogP contribution < -0.4 is 0 Å². The van der Waals surface area contributed by atoms with Crippen molar-refractivity contribution >= 4 is 10.1 Å². The number of hydroxylamine groups is 3. The molecule has 0 spiro atoms. The molecule has 1 fully saturated rings. The van der Waals surface area contributed by atoms with Crippen molar-refractivity contribution in [3.8, 4) is 11.3 Å². The van der Waals surface area contributed by atoms with Gasteiger partial charge in [0.15, 0.2) is 11.7 Å². The number of hydrogen-bond donors (Lipinski definition) is 0. The van der Waals surface area contributed by atoms with Gasteiger partial charge in [-0.05, 0) is 19.1 Å². The van der Waals surface area contributed by atoms with Gasteiger partial charge >= 0.3 is 10.1 Å². The van der Waals surface area contributed by atoms with Crippen molar-refractivity contribution in [3.05, 3.63) is 72.2 Å². The molecule has 0 bridgehead atoms. The van der Waals surface area contributed by atoms with Crippen LogP contribution in [0.3, 0.4) is 0 Å². The lowest BCUT2D eigenvalue weighted by Gasteiger charge is -2.35. The monoisotopic (exact) mass is 413 g/mol. The lowest BCUT2D eigenvalue weighted by molar-refractivity contribution is -1.07. The van der Waals surface area contributed by atoms with Crippen molar-refractivity contribution in [1.29, 1.82) is 0 Å². The van der Waals surface area contributed by atoms with Crippen LogP contribution in [0.5, 0.6) is 0 Å². The molecule has 0 saturated carbocycles. The summed E-state index contributed by atoms with van der Waals surface area (Å²) in [5.74, 6) is 1.61. The minimum atomic E-state index is -3.82. The summed E-state index contributed by atoms with van der Waals surface area (Å²) in [4.78, 5) is 4.65. The number of benzene rings is 2. The van der Waals surface area contributed by atoms with Gasteiger partial charge in [-0.25, -0.2) is 4.98 Å². The smallest absolute Gasteiger partial charge is 0.342 e. The molecule has 1 saturated heterocycles. The highest BCUT2D eigenvalue weighted by molar-refractivity contribution is 7.86. The Bertz CT molecular complexity index is 1070. The number of aromatic nitrogens is 1. The second kappa shape index (κ2) is 7.74. The summed E-state index contributed by atoms with van der Waals surface area (Å²) < 4.78 is 36.9. The molecule has 0 amide bonds. The lowest BCUT2D eigenvalue weighted by Crippen LogP contribution is -2.50. The number of likely N-dealkylation sites (tertiary alicyclic amines) is 1. The van der Waals surface area contributed by atoms with Crippen LogP contribution in [-0.4, -0.2) is 38.2 Å². The van der Waals surface area contributed by atoms with E-state index in [4.69, 9.17) is 8.70 Å². The van der Waals surface area contributed by atoms with Crippen molar-refractivity contribution in [2.75, 3.05) is 20.1 Å². The molecule has 29 heavy (non-hydrogen) atoms. The highest BCUT2D eigenvalue weighted by Gasteiger charge is 2.39. The fraction of sp³-hybridized carbons (Fsp3) is 0.318. The van der Waals surface area contributed by atoms with Gasteiger partial charge in [0.25, 0.3) is 0 Å². The summed E-state index contributed by atoms with van der Waals surface area (Å²) in [6.07, 6.45) is 3.25. The summed E-state index contributed by atoms with van der Waals surface area (Å²) in [5.41, 5.74) is 2.00. The minimum absolute atomic E-state index is 0.0267. The van der Waals surface area contributed by atoms with E-state index >= 15 is 0 Å². The normalized spacial score (nSPS) is 22.5. The van der Waals surface area contributed by atoms with Gasteiger partial charge in [-0.15, -0.1) is 0 Å². The van der Waals surface area contributed by atoms with E-state index in [9.17, 15) is 8.42 Å². The largest absolute Gasteiger partial charge is 0.440 e. The van der Waals surface area contributed by atoms with Gasteiger partial charge in [-0.3, -0.25) is 0 Å². The third-order valence-corrected chi connectivity index (χ3v) is 6.83. The average molecular weight is 414 g/mol. The molecule has 0 atom stereocenters. The Morgan fingerprint density at radius 3 is 2.34 bits per heavy atom. The number of quaternary nitrogens is 1. The summed E-state index contributed by atoms with van der Waals surface area (Å²) in [6.45, 7) is 3.05. The quantitative estimate of drug-likeness (QED) is 0.584. The van der Waals surface area contributed by atoms with Crippen molar-refractivity contribution in [2.24, 2.45) is 0 Å². The number of rotatable bonds is 5. The summed E-state index contributed by atoms with van der Waals surface area (Å²) in [7, 11) is -2.00. The molecule has 2 aromatic carbocycles. The van der Waals surface area contributed by atoms with Crippen LogP contribution in [0.25, 0.3) is 11.3 Å². The first-order valence-corrected chi connectivity index (χ1v) is 11.1. The zero-order valence-corrected chi connectivity index (χ0v) is 17.4. The van der Waals surface area contributed by atoms with Crippen LogP contribution >= 0.6 is 0 Å². The summed E-state index contributed by atoms with van der Waals surface area (Å²) in [6, 6.07) is 16.6. The van der Waals surface area contributed by atoms with Crippen LogP contribution in [-0.2, 0) is 14.4 Å². The van der Waals surface area contributed by atoms with Crippen molar-refractivity contribution in [3.63, 3.8) is 0 Å². The van der Waals surface area contributed by atoms with E-state index in [2.05, 4.69) is 4.98 Å². The Morgan fingerprint density at radius 1 is 1.03 bits per heavy atom. The van der Waals surface area contributed by atoms with Crippen LogP contribution in [0.1, 0.15) is 30.2 Å². The number of hydrogen-bond acceptors (Lipinski definition) is 5. The second-order valence-corrected chi connectivity index (χ2v) is 9.32. The summed E-state index contributed by atoms with van der Waals surface area (Å²) >= 11 is 0. The van der Waals surface area contributed by atoms with Gasteiger partial charge in [0.05, 0.1) is 11.1 Å². The highest BCUT2D eigenvalue weighted by atomic mass is 32.2. The maximum absolute atomic E-state index is 12.7. The van der Waals surface area contributed by atoms with E-state index in [1.807, 2.05) is 44.3 Å². The first-order valence-electron chi connectivity index (χ1n) is 9.73. The molecule has 7 heteroatoms. The van der Waals surface area contributed by atoms with Gasteiger partial charge in [0.1, 0.15) is 20.1 Å². The maximum atomic E-state index is 12.7. The molecule has 2 heterocycles. The molecule has 0 radical (unpaired) electrons. The number of aryl methyl sites for hydroxylation is 1. The van der Waals surface area contributed by atoms with Crippen molar-refractivity contribution in [1.82, 2.24) is 4.98 Å². The molecular formula is C22H25N2O4S+. The fourth-order valence-corrected chi connectivity index (χ4v) is 4.81. The molecule has 1 aliphatic heterocycles. The standard InChI is InChI=1S/C22H25N2O4S/c1-17-8-10-20(11-9-17)29(25,26)28-24(2)14-12-19(13-15-24)22-23-16-21(27-22)18-6-4-3-5-7-18/h3-11,16,19H,12-15H2,1-2H3/q+1. The minimum Gasteiger partial charge on any atom is -0.440 e. The molecule has 3 aromatic rings. The zero-order valence-electron chi connectivity index (χ0n) is 16.6. The van der Waals surface area contributed by atoms with Crippen LogP contribution in [0.15, 0.2) is 70.1 Å². The van der Waals surface area contributed by atoms with Crippen molar-refractivity contribution in [2.45, 2.75) is 30.6 Å². The Labute approximate surface area is 171 Å². The van der Waals surface area contributed by atoms with E-state index < -0.39 is 10.1 Å². The molecule has 1 aliphatic rings. The van der Waals surface area contributed by atoms with Gasteiger partial charge in [0.2, 0.25) is 0 Å². The first kappa shape index (κ1) is 19.8. The van der Waals surface area contributed by atoms with Gasteiger partial charge in [0, 0.05) is 24.3 Å². The maximum Gasteiger partial charge on any atom is 0.342 e. The zero-order chi connectivity index (χ0) is 20.5. The van der Waals surface area contributed by atoms with E-state index in [1.165, 1.54) is 0 Å². The molecule has 0 N–H and O–H groups in total. The van der Waals surface area contributed by atoms with Crippen LogP contribution in [0, 0.1) is 6.92 Å². The van der Waals surface area contributed by atoms with Gasteiger partial charge in [-0.1, -0.05) is 52.3 Å². The topological polar surface area (TPSA) is 69.4 Å². The first-order chi connectivity index (χ1) is 13.8. The van der Waals surface area contributed by atoms with Gasteiger partial charge < -0.3 is 4.42 Å². The Hall–Kier alpha value is -2.48.